The maximum absolute atomic E-state index is 13.6. The van der Waals surface area contributed by atoms with Crippen molar-refractivity contribution in [3.63, 3.8) is 0 Å². The summed E-state index contributed by atoms with van der Waals surface area (Å²) in [5, 5.41) is 15.0. The highest BCUT2D eigenvalue weighted by atomic mass is 19.1. The average molecular weight is 473 g/mol. The summed E-state index contributed by atoms with van der Waals surface area (Å²) in [6, 6.07) is 10.0. The number of benzene rings is 1. The number of hydrogen-bond acceptors (Lipinski definition) is 8. The molecule has 1 aromatic carbocycles. The fourth-order valence-corrected chi connectivity index (χ4v) is 4.17. The molecule has 0 aliphatic carbocycles. The standard InChI is InChI=1S/C25H33FN4O4/c1-3-32-18-21(31)15-29(16-22-5-4-14-33-22)17-23-24(19-6-8-20(26)9-7-19)27-34-25(23)30-12-10-28(2)11-13-30/h4-9,14,21,31H,3,10-13,15-18H2,1-2H3. The predicted octanol–water partition coefficient (Wildman–Crippen LogP) is 3.23. The van der Waals surface area contributed by atoms with Crippen molar-refractivity contribution in [1.82, 2.24) is 15.0 Å². The van der Waals surface area contributed by atoms with Crippen molar-refractivity contribution in [2.75, 3.05) is 57.9 Å². The molecule has 184 valence electrons. The monoisotopic (exact) mass is 472 g/mol. The minimum atomic E-state index is -0.656. The van der Waals surface area contributed by atoms with Crippen LogP contribution in [0.3, 0.4) is 0 Å². The van der Waals surface area contributed by atoms with E-state index in [0.717, 1.165) is 49.0 Å². The summed E-state index contributed by atoms with van der Waals surface area (Å²) in [7, 11) is 2.10. The molecule has 0 saturated carbocycles. The first-order valence-corrected chi connectivity index (χ1v) is 11.7. The van der Waals surface area contributed by atoms with E-state index in [9.17, 15) is 9.50 Å². The third kappa shape index (κ3) is 6.24. The van der Waals surface area contributed by atoms with E-state index >= 15 is 0 Å². The molecule has 0 radical (unpaired) electrons. The normalized spacial score (nSPS) is 15.9. The summed E-state index contributed by atoms with van der Waals surface area (Å²) in [4.78, 5) is 6.58. The Morgan fingerprint density at radius 3 is 2.59 bits per heavy atom. The summed E-state index contributed by atoms with van der Waals surface area (Å²) in [6.45, 7) is 7.57. The number of aliphatic hydroxyl groups excluding tert-OH is 1. The topological polar surface area (TPSA) is 78.3 Å². The van der Waals surface area contributed by atoms with E-state index in [0.29, 0.717) is 31.9 Å². The molecule has 4 rings (SSSR count). The number of anilines is 1. The lowest BCUT2D eigenvalue weighted by Crippen LogP contribution is -2.45. The first-order valence-electron chi connectivity index (χ1n) is 11.7. The van der Waals surface area contributed by atoms with Crippen LogP contribution in [-0.2, 0) is 17.8 Å². The van der Waals surface area contributed by atoms with Crippen LogP contribution in [0.25, 0.3) is 11.3 Å². The molecule has 2 aromatic heterocycles. The van der Waals surface area contributed by atoms with Crippen molar-refractivity contribution < 1.29 is 23.2 Å². The number of piperazine rings is 1. The third-order valence-electron chi connectivity index (χ3n) is 6.00. The molecule has 8 nitrogen and oxygen atoms in total. The van der Waals surface area contributed by atoms with Crippen LogP contribution in [0.1, 0.15) is 18.2 Å². The van der Waals surface area contributed by atoms with Gasteiger partial charge in [0.05, 0.1) is 31.1 Å². The largest absolute Gasteiger partial charge is 0.468 e. The lowest BCUT2D eigenvalue weighted by molar-refractivity contribution is 0.0168. The molecule has 3 heterocycles. The maximum Gasteiger partial charge on any atom is 0.232 e. The van der Waals surface area contributed by atoms with Crippen LogP contribution in [0.2, 0.25) is 0 Å². The zero-order valence-electron chi connectivity index (χ0n) is 19.8. The highest BCUT2D eigenvalue weighted by Crippen LogP contribution is 2.33. The molecule has 1 atom stereocenters. The van der Waals surface area contributed by atoms with Crippen molar-refractivity contribution >= 4 is 5.88 Å². The van der Waals surface area contributed by atoms with Gasteiger partial charge in [-0.3, -0.25) is 4.90 Å². The van der Waals surface area contributed by atoms with Gasteiger partial charge >= 0.3 is 0 Å². The summed E-state index contributed by atoms with van der Waals surface area (Å²) >= 11 is 0. The minimum absolute atomic E-state index is 0.255. The number of aromatic nitrogens is 1. The molecule has 1 aliphatic rings. The van der Waals surface area contributed by atoms with Crippen LogP contribution in [0, 0.1) is 5.82 Å². The molecule has 9 heteroatoms. The first-order chi connectivity index (χ1) is 16.5. The highest BCUT2D eigenvalue weighted by Gasteiger charge is 2.27. The van der Waals surface area contributed by atoms with Crippen LogP contribution in [0.15, 0.2) is 51.6 Å². The van der Waals surface area contributed by atoms with Gasteiger partial charge in [-0.2, -0.15) is 0 Å². The molecular weight excluding hydrogens is 439 g/mol. The molecule has 0 spiro atoms. The number of rotatable bonds is 11. The smallest absolute Gasteiger partial charge is 0.232 e. The number of aliphatic hydroxyl groups is 1. The van der Waals surface area contributed by atoms with Crippen LogP contribution < -0.4 is 4.90 Å². The van der Waals surface area contributed by atoms with Gasteiger partial charge < -0.3 is 28.6 Å². The maximum atomic E-state index is 13.6. The van der Waals surface area contributed by atoms with Crippen molar-refractivity contribution in [1.29, 1.82) is 0 Å². The van der Waals surface area contributed by atoms with E-state index in [1.54, 1.807) is 18.4 Å². The second-order valence-corrected chi connectivity index (χ2v) is 8.67. The van der Waals surface area contributed by atoms with Crippen molar-refractivity contribution in [3.05, 3.63) is 59.8 Å². The molecule has 34 heavy (non-hydrogen) atoms. The second-order valence-electron chi connectivity index (χ2n) is 8.67. The Morgan fingerprint density at radius 1 is 1.15 bits per heavy atom. The van der Waals surface area contributed by atoms with Crippen LogP contribution in [-0.4, -0.2) is 79.2 Å². The molecule has 3 aromatic rings. The van der Waals surface area contributed by atoms with Gasteiger partial charge in [0.15, 0.2) is 0 Å². The van der Waals surface area contributed by atoms with E-state index in [2.05, 4.69) is 26.9 Å². The first kappa shape index (κ1) is 24.4. The Hall–Kier alpha value is -2.72. The van der Waals surface area contributed by atoms with Gasteiger partial charge in [-0.1, -0.05) is 5.16 Å². The number of hydrogen-bond donors (Lipinski definition) is 1. The van der Waals surface area contributed by atoms with Gasteiger partial charge in [0, 0.05) is 51.4 Å². The molecular formula is C25H33FN4O4. The average Bonchev–Trinajstić information content (AvgIpc) is 3.49. The Kier molecular flexibility index (Phi) is 8.34. The van der Waals surface area contributed by atoms with Crippen LogP contribution in [0.5, 0.6) is 0 Å². The summed E-state index contributed by atoms with van der Waals surface area (Å²) in [5.74, 6) is 1.22. The number of nitrogens with zero attached hydrogens (tertiary/aromatic N) is 4. The van der Waals surface area contributed by atoms with E-state index in [4.69, 9.17) is 13.7 Å². The molecule has 1 fully saturated rings. The van der Waals surface area contributed by atoms with Crippen molar-refractivity contribution in [3.8, 4) is 11.3 Å². The lowest BCUT2D eigenvalue weighted by Gasteiger charge is -2.33. The Bertz CT molecular complexity index is 1000. The quantitative estimate of drug-likeness (QED) is 0.456. The number of furan rings is 1. The SMILES string of the molecule is CCOCC(O)CN(Cc1ccco1)Cc1c(-c2ccc(F)cc2)noc1N1CCN(C)CC1. The molecule has 1 N–H and O–H groups in total. The van der Waals surface area contributed by atoms with Crippen molar-refractivity contribution in [2.24, 2.45) is 0 Å². The van der Waals surface area contributed by atoms with Crippen molar-refractivity contribution in [2.45, 2.75) is 26.1 Å². The number of halogens is 1. The Balaban J connectivity index is 1.64. The molecule has 1 unspecified atom stereocenters. The van der Waals surface area contributed by atoms with Gasteiger partial charge in [-0.05, 0) is 50.4 Å². The molecule has 1 saturated heterocycles. The molecule has 1 aliphatic heterocycles. The zero-order chi connectivity index (χ0) is 23.9. The summed E-state index contributed by atoms with van der Waals surface area (Å²) < 4.78 is 30.5. The van der Waals surface area contributed by atoms with Gasteiger partial charge in [0.1, 0.15) is 17.3 Å². The van der Waals surface area contributed by atoms with Gasteiger partial charge in [-0.25, -0.2) is 4.39 Å². The molecule has 0 amide bonds. The Labute approximate surface area is 199 Å². The zero-order valence-corrected chi connectivity index (χ0v) is 19.8. The number of ether oxygens (including phenoxy) is 1. The lowest BCUT2D eigenvalue weighted by atomic mass is 10.1. The minimum Gasteiger partial charge on any atom is -0.468 e. The second kappa shape index (κ2) is 11.6. The van der Waals surface area contributed by atoms with E-state index in [1.165, 1.54) is 12.1 Å². The van der Waals surface area contributed by atoms with Gasteiger partial charge in [0.2, 0.25) is 5.88 Å². The summed E-state index contributed by atoms with van der Waals surface area (Å²) in [6.07, 6.45) is 0.986. The Morgan fingerprint density at radius 2 is 1.91 bits per heavy atom. The van der Waals surface area contributed by atoms with E-state index < -0.39 is 6.10 Å². The van der Waals surface area contributed by atoms with Gasteiger partial charge in [0.25, 0.3) is 0 Å². The van der Waals surface area contributed by atoms with E-state index in [-0.39, 0.29) is 12.4 Å². The van der Waals surface area contributed by atoms with Crippen LogP contribution in [0.4, 0.5) is 10.3 Å². The summed E-state index contributed by atoms with van der Waals surface area (Å²) in [5.41, 5.74) is 2.37. The predicted molar refractivity (Wildman–Crippen MR) is 127 cm³/mol. The fraction of sp³-hybridized carbons (Fsp3) is 0.480. The van der Waals surface area contributed by atoms with Crippen LogP contribution >= 0.6 is 0 Å². The third-order valence-corrected chi connectivity index (χ3v) is 6.00. The van der Waals surface area contributed by atoms with Gasteiger partial charge in [-0.15, -0.1) is 0 Å². The molecule has 0 bridgehead atoms. The number of likely N-dealkylation sites (N-methyl/N-ethyl adjacent to an activating group) is 1. The van der Waals surface area contributed by atoms with E-state index in [1.807, 2.05) is 19.1 Å². The fourth-order valence-electron chi connectivity index (χ4n) is 4.17. The highest BCUT2D eigenvalue weighted by molar-refractivity contribution is 5.68.